The van der Waals surface area contributed by atoms with Gasteiger partial charge in [-0.25, -0.2) is 0 Å². The van der Waals surface area contributed by atoms with Crippen molar-refractivity contribution < 1.29 is 18.7 Å². The van der Waals surface area contributed by atoms with Gasteiger partial charge >= 0.3 is 0 Å². The average molecular weight is 425 g/mol. The molecule has 6 nitrogen and oxygen atoms in total. The number of thioether (sulfide) groups is 1. The largest absolute Gasteiger partial charge is 0.451 e. The van der Waals surface area contributed by atoms with Crippen LogP contribution in [0.4, 0.5) is 0 Å². The van der Waals surface area contributed by atoms with Gasteiger partial charge in [-0.1, -0.05) is 30.3 Å². The Hall–Kier alpha value is -2.77. The van der Waals surface area contributed by atoms with Gasteiger partial charge in [0.25, 0.3) is 11.8 Å². The molecule has 2 aromatic carbocycles. The van der Waals surface area contributed by atoms with Crippen molar-refractivity contribution in [1.82, 2.24) is 10.2 Å². The van der Waals surface area contributed by atoms with E-state index >= 15 is 0 Å². The molecule has 7 heteroatoms. The first-order valence-corrected chi connectivity index (χ1v) is 11.3. The van der Waals surface area contributed by atoms with Gasteiger partial charge < -0.3 is 19.4 Å². The third kappa shape index (κ3) is 4.37. The lowest BCUT2D eigenvalue weighted by Gasteiger charge is -2.26. The van der Waals surface area contributed by atoms with Gasteiger partial charge in [-0.3, -0.25) is 9.59 Å². The predicted molar refractivity (Wildman–Crippen MR) is 118 cm³/mol. The third-order valence-electron chi connectivity index (χ3n) is 5.15. The van der Waals surface area contributed by atoms with Crippen LogP contribution in [-0.4, -0.2) is 49.3 Å². The minimum Gasteiger partial charge on any atom is -0.451 e. The number of morpholine rings is 1. The summed E-state index contributed by atoms with van der Waals surface area (Å²) < 4.78 is 11.1. The lowest BCUT2D eigenvalue weighted by atomic mass is 10.1. The van der Waals surface area contributed by atoms with Gasteiger partial charge in [-0.05, 0) is 30.0 Å². The maximum absolute atomic E-state index is 12.8. The zero-order valence-corrected chi connectivity index (χ0v) is 17.7. The molecule has 2 amide bonds. The van der Waals surface area contributed by atoms with E-state index in [9.17, 15) is 9.59 Å². The Kier molecular flexibility index (Phi) is 6.40. The number of furan rings is 1. The molecular weight excluding hydrogens is 400 g/mol. The number of nitrogens with one attached hydrogen (secondary N) is 1. The SMILES string of the molecule is CSCc1c(C(=O)NCc2ccc(C(=O)N3CCOCC3)cc2)oc2ccccc12. The molecule has 1 fully saturated rings. The standard InChI is InChI=1S/C23H24N2O4S/c1-30-15-19-18-4-2-3-5-20(18)29-21(19)22(26)24-14-16-6-8-17(9-7-16)23(27)25-10-12-28-13-11-25/h2-9H,10-15H2,1H3,(H,24,26). The summed E-state index contributed by atoms with van der Waals surface area (Å²) in [6.45, 7) is 2.76. The van der Waals surface area contributed by atoms with Crippen molar-refractivity contribution in [2.45, 2.75) is 12.3 Å². The van der Waals surface area contributed by atoms with E-state index in [1.54, 1.807) is 28.8 Å². The Balaban J connectivity index is 1.42. The van der Waals surface area contributed by atoms with Crippen LogP contribution in [0.3, 0.4) is 0 Å². The fraction of sp³-hybridized carbons (Fsp3) is 0.304. The molecule has 2 heterocycles. The lowest BCUT2D eigenvalue weighted by molar-refractivity contribution is 0.0303. The molecule has 156 valence electrons. The maximum Gasteiger partial charge on any atom is 0.287 e. The number of para-hydroxylation sites is 1. The normalized spacial score (nSPS) is 14.1. The summed E-state index contributed by atoms with van der Waals surface area (Å²) in [5, 5.41) is 3.91. The minimum absolute atomic E-state index is 0.0119. The smallest absolute Gasteiger partial charge is 0.287 e. The number of carbonyl (C=O) groups is 2. The van der Waals surface area contributed by atoms with Crippen LogP contribution < -0.4 is 5.32 Å². The van der Waals surface area contributed by atoms with Crippen LogP contribution in [0.2, 0.25) is 0 Å². The molecule has 0 unspecified atom stereocenters. The van der Waals surface area contributed by atoms with E-state index in [4.69, 9.17) is 9.15 Å². The number of nitrogens with zero attached hydrogens (tertiary/aromatic N) is 1. The molecule has 3 aromatic rings. The van der Waals surface area contributed by atoms with Crippen LogP contribution in [0.1, 0.15) is 32.0 Å². The molecule has 0 radical (unpaired) electrons. The third-order valence-corrected chi connectivity index (χ3v) is 5.72. The molecule has 1 N–H and O–H groups in total. The average Bonchev–Trinajstić information content (AvgIpc) is 3.17. The highest BCUT2D eigenvalue weighted by molar-refractivity contribution is 7.97. The first-order chi connectivity index (χ1) is 14.7. The fourth-order valence-electron chi connectivity index (χ4n) is 3.55. The molecule has 1 aliphatic rings. The van der Waals surface area contributed by atoms with Crippen LogP contribution in [0.25, 0.3) is 11.0 Å². The second-order valence-corrected chi connectivity index (χ2v) is 7.99. The van der Waals surface area contributed by atoms with E-state index in [0.717, 1.165) is 22.1 Å². The first-order valence-electron chi connectivity index (χ1n) is 9.91. The molecule has 0 atom stereocenters. The zero-order valence-electron chi connectivity index (χ0n) is 16.8. The number of carbonyl (C=O) groups excluding carboxylic acids is 2. The molecule has 1 aliphatic heterocycles. The van der Waals surface area contributed by atoms with Crippen molar-refractivity contribution in [3.8, 4) is 0 Å². The van der Waals surface area contributed by atoms with Gasteiger partial charge in [0.2, 0.25) is 0 Å². The molecule has 1 aromatic heterocycles. The predicted octanol–water partition coefficient (Wildman–Crippen LogP) is 3.70. The van der Waals surface area contributed by atoms with Crippen molar-refractivity contribution in [2.24, 2.45) is 0 Å². The summed E-state index contributed by atoms with van der Waals surface area (Å²) in [5.74, 6) is 0.851. The van der Waals surface area contributed by atoms with Crippen molar-refractivity contribution in [2.75, 3.05) is 32.6 Å². The van der Waals surface area contributed by atoms with Gasteiger partial charge in [0, 0.05) is 41.9 Å². The molecule has 0 saturated carbocycles. The van der Waals surface area contributed by atoms with Gasteiger partial charge in [-0.2, -0.15) is 11.8 Å². The van der Waals surface area contributed by atoms with Crippen LogP contribution >= 0.6 is 11.8 Å². The second-order valence-electron chi connectivity index (χ2n) is 7.12. The van der Waals surface area contributed by atoms with Crippen LogP contribution in [-0.2, 0) is 17.0 Å². The van der Waals surface area contributed by atoms with Gasteiger partial charge in [0.1, 0.15) is 5.58 Å². The van der Waals surface area contributed by atoms with Crippen molar-refractivity contribution in [3.05, 3.63) is 71.0 Å². The van der Waals surface area contributed by atoms with E-state index < -0.39 is 0 Å². The Labute approximate surface area is 179 Å². The topological polar surface area (TPSA) is 71.8 Å². The number of hydrogen-bond acceptors (Lipinski definition) is 5. The molecule has 0 aliphatic carbocycles. The Morgan fingerprint density at radius 3 is 2.53 bits per heavy atom. The number of ether oxygens (including phenoxy) is 1. The van der Waals surface area contributed by atoms with Crippen molar-refractivity contribution in [1.29, 1.82) is 0 Å². The number of fused-ring (bicyclic) bond motifs is 1. The van der Waals surface area contributed by atoms with Crippen molar-refractivity contribution in [3.63, 3.8) is 0 Å². The maximum atomic E-state index is 12.8. The van der Waals surface area contributed by atoms with Crippen molar-refractivity contribution >= 4 is 34.5 Å². The van der Waals surface area contributed by atoms with Crippen LogP contribution in [0, 0.1) is 0 Å². The Bertz CT molecular complexity index is 1040. The zero-order chi connectivity index (χ0) is 20.9. The molecule has 0 bridgehead atoms. The lowest BCUT2D eigenvalue weighted by Crippen LogP contribution is -2.40. The highest BCUT2D eigenvalue weighted by Gasteiger charge is 2.20. The summed E-state index contributed by atoms with van der Waals surface area (Å²) in [5.41, 5.74) is 3.20. The molecule has 1 saturated heterocycles. The van der Waals surface area contributed by atoms with Gasteiger partial charge in [0.15, 0.2) is 5.76 Å². The van der Waals surface area contributed by atoms with E-state index in [1.807, 2.05) is 42.7 Å². The molecule has 4 rings (SSSR count). The Morgan fingerprint density at radius 1 is 1.07 bits per heavy atom. The summed E-state index contributed by atoms with van der Waals surface area (Å²) in [6, 6.07) is 15.1. The fourth-order valence-corrected chi connectivity index (χ4v) is 4.12. The second kappa shape index (κ2) is 9.36. The van der Waals surface area contributed by atoms with Gasteiger partial charge in [0.05, 0.1) is 13.2 Å². The van der Waals surface area contributed by atoms with E-state index in [2.05, 4.69) is 5.32 Å². The quantitative estimate of drug-likeness (QED) is 0.653. The highest BCUT2D eigenvalue weighted by atomic mass is 32.2. The number of hydrogen-bond donors (Lipinski definition) is 1. The number of rotatable bonds is 6. The number of amides is 2. The molecule has 30 heavy (non-hydrogen) atoms. The summed E-state index contributed by atoms with van der Waals surface area (Å²) in [6.07, 6.45) is 2.00. The van der Waals surface area contributed by atoms with E-state index in [0.29, 0.717) is 49.9 Å². The summed E-state index contributed by atoms with van der Waals surface area (Å²) in [7, 11) is 0. The first kappa shape index (κ1) is 20.5. The molecule has 0 spiro atoms. The Morgan fingerprint density at radius 2 is 1.80 bits per heavy atom. The number of benzene rings is 2. The van der Waals surface area contributed by atoms with Crippen LogP contribution in [0.5, 0.6) is 0 Å². The van der Waals surface area contributed by atoms with E-state index in [1.165, 1.54) is 0 Å². The van der Waals surface area contributed by atoms with Gasteiger partial charge in [-0.15, -0.1) is 0 Å². The highest BCUT2D eigenvalue weighted by Crippen LogP contribution is 2.28. The van der Waals surface area contributed by atoms with Crippen LogP contribution in [0.15, 0.2) is 52.9 Å². The monoisotopic (exact) mass is 424 g/mol. The summed E-state index contributed by atoms with van der Waals surface area (Å²) in [4.78, 5) is 27.1. The van der Waals surface area contributed by atoms with E-state index in [-0.39, 0.29) is 11.8 Å². The summed E-state index contributed by atoms with van der Waals surface area (Å²) >= 11 is 1.65. The molecular formula is C23H24N2O4S. The minimum atomic E-state index is -0.233.